The fourth-order valence-corrected chi connectivity index (χ4v) is 2.66. The summed E-state index contributed by atoms with van der Waals surface area (Å²) in [5.41, 5.74) is 0.572. The normalized spacial score (nSPS) is 17.6. The average molecular weight is 301 g/mol. The lowest BCUT2D eigenvalue weighted by molar-refractivity contribution is -0.0552. The Kier molecular flexibility index (Phi) is 5.00. The molecule has 1 heterocycles. The molecule has 0 radical (unpaired) electrons. The van der Waals surface area contributed by atoms with Crippen LogP contribution in [0.3, 0.4) is 0 Å². The molecule has 6 heteroatoms. The topological polar surface area (TPSA) is 41.9 Å². The summed E-state index contributed by atoms with van der Waals surface area (Å²) in [6.45, 7) is 3.38. The van der Waals surface area contributed by atoms with Gasteiger partial charge in [0.2, 0.25) is 0 Å². The summed E-state index contributed by atoms with van der Waals surface area (Å²) in [5, 5.41) is 9.25. The van der Waals surface area contributed by atoms with E-state index in [1.54, 1.807) is 25.1 Å². The van der Waals surface area contributed by atoms with Crippen LogP contribution in [-0.2, 0) is 6.54 Å². The molecule has 2 rings (SSSR count). The number of alkyl halides is 2. The molecule has 0 atom stereocenters. The predicted octanol–water partition coefficient (Wildman–Crippen LogP) is 2.50. The summed E-state index contributed by atoms with van der Waals surface area (Å²) in [6.07, 6.45) is 0. The number of hydrogen-bond donors (Lipinski definition) is 1. The van der Waals surface area contributed by atoms with E-state index in [-0.39, 0.29) is 17.8 Å². The zero-order chi connectivity index (χ0) is 15.5. The third-order valence-corrected chi connectivity index (χ3v) is 3.55. The molecule has 1 aromatic carbocycles. The average Bonchev–Trinajstić information content (AvgIpc) is 2.40. The Balaban J connectivity index is 2.13. The van der Waals surface area contributed by atoms with Crippen LogP contribution in [0, 0.1) is 5.41 Å². The number of benzene rings is 1. The van der Waals surface area contributed by atoms with Gasteiger partial charge in [-0.3, -0.25) is 4.90 Å². The fourth-order valence-electron chi connectivity index (χ4n) is 2.66. The lowest BCUT2D eigenvalue weighted by Gasteiger charge is -2.47. The molecule has 0 amide bonds. The molecule has 0 bridgehead atoms. The predicted molar refractivity (Wildman–Crippen MR) is 74.7 cm³/mol. The van der Waals surface area contributed by atoms with Crippen LogP contribution in [0.5, 0.6) is 11.5 Å². The van der Waals surface area contributed by atoms with Gasteiger partial charge in [-0.05, 0) is 13.0 Å². The molecule has 1 N–H and O–H groups in total. The van der Waals surface area contributed by atoms with E-state index >= 15 is 0 Å². The maximum absolute atomic E-state index is 12.6. The summed E-state index contributed by atoms with van der Waals surface area (Å²) < 4.78 is 35.2. The molecule has 1 fully saturated rings. The van der Waals surface area contributed by atoms with E-state index in [9.17, 15) is 13.9 Å². The summed E-state index contributed by atoms with van der Waals surface area (Å²) >= 11 is 0. The Morgan fingerprint density at radius 2 is 2.10 bits per heavy atom. The molecule has 4 nitrogen and oxygen atoms in total. The first-order valence-electron chi connectivity index (χ1n) is 7.00. The monoisotopic (exact) mass is 301 g/mol. The summed E-state index contributed by atoms with van der Waals surface area (Å²) in [7, 11) is 0. The van der Waals surface area contributed by atoms with Gasteiger partial charge in [-0.15, -0.1) is 0 Å². The molecule has 0 spiro atoms. The van der Waals surface area contributed by atoms with Crippen LogP contribution in [0.4, 0.5) is 8.78 Å². The van der Waals surface area contributed by atoms with Crippen LogP contribution in [0.15, 0.2) is 18.2 Å². The minimum Gasteiger partial charge on any atom is -0.490 e. The molecular formula is C15H21F2NO3. The number of ether oxygens (including phenoxy) is 2. The third kappa shape index (κ3) is 3.83. The standard InChI is InChI=1S/C15H21F2NO3/c1-3-20-12-6-4-5-11(13(12)21-14(16)17)7-18-8-15(2,9-18)10-19/h4-6,14,19H,3,7-10H2,1-2H3. The van der Waals surface area contributed by atoms with E-state index in [2.05, 4.69) is 9.64 Å². The van der Waals surface area contributed by atoms with Gasteiger partial charge >= 0.3 is 6.61 Å². The van der Waals surface area contributed by atoms with Crippen molar-refractivity contribution in [1.29, 1.82) is 0 Å². The maximum atomic E-state index is 12.6. The van der Waals surface area contributed by atoms with Gasteiger partial charge in [-0.1, -0.05) is 19.1 Å². The molecule has 0 aliphatic carbocycles. The Morgan fingerprint density at radius 1 is 1.38 bits per heavy atom. The van der Waals surface area contributed by atoms with Gasteiger partial charge in [0.1, 0.15) is 0 Å². The van der Waals surface area contributed by atoms with Crippen molar-refractivity contribution in [2.24, 2.45) is 5.41 Å². The molecule has 0 saturated carbocycles. The molecule has 0 aromatic heterocycles. The Labute approximate surface area is 123 Å². The Morgan fingerprint density at radius 3 is 2.67 bits per heavy atom. The van der Waals surface area contributed by atoms with Crippen molar-refractivity contribution in [1.82, 2.24) is 4.90 Å². The van der Waals surface area contributed by atoms with Crippen molar-refractivity contribution in [3.8, 4) is 11.5 Å². The van der Waals surface area contributed by atoms with Crippen LogP contribution in [0.1, 0.15) is 19.4 Å². The number of hydrogen-bond acceptors (Lipinski definition) is 4. The van der Waals surface area contributed by atoms with E-state index in [0.717, 1.165) is 13.1 Å². The molecule has 118 valence electrons. The van der Waals surface area contributed by atoms with Crippen LogP contribution in [-0.4, -0.2) is 42.9 Å². The number of nitrogens with zero attached hydrogens (tertiary/aromatic N) is 1. The molecule has 1 aromatic rings. The zero-order valence-electron chi connectivity index (χ0n) is 12.3. The van der Waals surface area contributed by atoms with Crippen molar-refractivity contribution < 1.29 is 23.4 Å². The van der Waals surface area contributed by atoms with Gasteiger partial charge in [0.05, 0.1) is 13.2 Å². The first kappa shape index (κ1) is 16.0. The second-order valence-corrected chi connectivity index (χ2v) is 5.67. The number of halogens is 2. The highest BCUT2D eigenvalue weighted by molar-refractivity contribution is 5.46. The number of aliphatic hydroxyl groups is 1. The second kappa shape index (κ2) is 6.58. The number of aliphatic hydroxyl groups excluding tert-OH is 1. The Bertz CT molecular complexity index is 476. The van der Waals surface area contributed by atoms with Crippen LogP contribution >= 0.6 is 0 Å². The van der Waals surface area contributed by atoms with Crippen molar-refractivity contribution >= 4 is 0 Å². The summed E-state index contributed by atoms with van der Waals surface area (Å²) in [6, 6.07) is 5.15. The molecule has 21 heavy (non-hydrogen) atoms. The van der Waals surface area contributed by atoms with E-state index in [1.807, 2.05) is 6.92 Å². The highest BCUT2D eigenvalue weighted by Crippen LogP contribution is 2.36. The number of likely N-dealkylation sites (tertiary alicyclic amines) is 1. The van der Waals surface area contributed by atoms with Gasteiger partial charge in [-0.2, -0.15) is 8.78 Å². The molecule has 0 unspecified atom stereocenters. The first-order valence-corrected chi connectivity index (χ1v) is 7.00. The minimum absolute atomic E-state index is 0.0960. The van der Waals surface area contributed by atoms with Crippen molar-refractivity contribution in [2.45, 2.75) is 27.0 Å². The van der Waals surface area contributed by atoms with E-state index in [4.69, 9.17) is 4.74 Å². The first-order chi connectivity index (χ1) is 9.97. The molecule has 1 aliphatic heterocycles. The summed E-state index contributed by atoms with van der Waals surface area (Å²) in [4.78, 5) is 2.08. The van der Waals surface area contributed by atoms with Crippen LogP contribution in [0.25, 0.3) is 0 Å². The second-order valence-electron chi connectivity index (χ2n) is 5.67. The van der Waals surface area contributed by atoms with Gasteiger partial charge < -0.3 is 14.6 Å². The highest BCUT2D eigenvalue weighted by atomic mass is 19.3. The zero-order valence-corrected chi connectivity index (χ0v) is 12.3. The molecular weight excluding hydrogens is 280 g/mol. The van der Waals surface area contributed by atoms with Crippen molar-refractivity contribution in [3.05, 3.63) is 23.8 Å². The largest absolute Gasteiger partial charge is 0.490 e. The SMILES string of the molecule is CCOc1cccc(CN2CC(C)(CO)C2)c1OC(F)F. The van der Waals surface area contributed by atoms with E-state index < -0.39 is 6.61 Å². The van der Waals surface area contributed by atoms with Crippen molar-refractivity contribution in [2.75, 3.05) is 26.3 Å². The van der Waals surface area contributed by atoms with Gasteiger partial charge in [0.25, 0.3) is 0 Å². The number of para-hydroxylation sites is 1. The third-order valence-electron chi connectivity index (χ3n) is 3.55. The van der Waals surface area contributed by atoms with Gasteiger partial charge in [-0.25, -0.2) is 0 Å². The smallest absolute Gasteiger partial charge is 0.387 e. The van der Waals surface area contributed by atoms with Crippen LogP contribution in [0.2, 0.25) is 0 Å². The van der Waals surface area contributed by atoms with E-state index in [0.29, 0.717) is 24.5 Å². The molecule has 1 saturated heterocycles. The lowest BCUT2D eigenvalue weighted by Crippen LogP contribution is -2.55. The van der Waals surface area contributed by atoms with Gasteiger partial charge in [0.15, 0.2) is 11.5 Å². The lowest BCUT2D eigenvalue weighted by atomic mass is 9.82. The molecule has 1 aliphatic rings. The van der Waals surface area contributed by atoms with Crippen LogP contribution < -0.4 is 9.47 Å². The minimum atomic E-state index is -2.88. The maximum Gasteiger partial charge on any atom is 0.387 e. The quantitative estimate of drug-likeness (QED) is 0.840. The Hall–Kier alpha value is -1.40. The van der Waals surface area contributed by atoms with Gasteiger partial charge in [0, 0.05) is 30.6 Å². The van der Waals surface area contributed by atoms with Crippen molar-refractivity contribution in [3.63, 3.8) is 0 Å². The number of rotatable bonds is 7. The summed E-state index contributed by atoms with van der Waals surface area (Å²) in [5.74, 6) is 0.438. The van der Waals surface area contributed by atoms with E-state index in [1.165, 1.54) is 0 Å². The highest BCUT2D eigenvalue weighted by Gasteiger charge is 2.38. The fraction of sp³-hybridized carbons (Fsp3) is 0.600.